The smallest absolute Gasteiger partial charge is 0.227 e. The number of hydrogen-bond acceptors (Lipinski definition) is 3. The Bertz CT molecular complexity index is 518. The summed E-state index contributed by atoms with van der Waals surface area (Å²) in [6.07, 6.45) is 2.90. The molecule has 1 aliphatic heterocycles. The molecule has 5 nitrogen and oxygen atoms in total. The Kier molecular flexibility index (Phi) is 6.59. The molecule has 1 aromatic carbocycles. The Balaban J connectivity index is 1.83. The molecule has 2 rings (SSSR count). The summed E-state index contributed by atoms with van der Waals surface area (Å²) >= 11 is 0. The Morgan fingerprint density at radius 1 is 1.35 bits per heavy atom. The average Bonchev–Trinajstić information content (AvgIpc) is 2.57. The molecular formula is C18H26N2O3. The quantitative estimate of drug-likeness (QED) is 0.824. The number of aliphatic hydroxyl groups is 1. The minimum Gasteiger partial charge on any atom is -0.395 e. The SMILES string of the molecule is CN(CCO)C(=O)[C@H]1CCC(=O)N(CCCc2ccccc2)C1. The number of amides is 2. The van der Waals surface area contributed by atoms with Gasteiger partial charge in [-0.05, 0) is 24.8 Å². The summed E-state index contributed by atoms with van der Waals surface area (Å²) in [4.78, 5) is 27.8. The van der Waals surface area contributed by atoms with E-state index in [0.29, 0.717) is 32.5 Å². The van der Waals surface area contributed by atoms with E-state index in [1.54, 1.807) is 11.9 Å². The van der Waals surface area contributed by atoms with Crippen LogP contribution in [0.2, 0.25) is 0 Å². The monoisotopic (exact) mass is 318 g/mol. The Morgan fingerprint density at radius 2 is 2.09 bits per heavy atom. The highest BCUT2D eigenvalue weighted by atomic mass is 16.3. The number of aliphatic hydroxyl groups excluding tert-OH is 1. The Hall–Kier alpha value is -1.88. The Labute approximate surface area is 137 Å². The van der Waals surface area contributed by atoms with Gasteiger partial charge in [0, 0.05) is 33.1 Å². The number of likely N-dealkylation sites (N-methyl/N-ethyl adjacent to an activating group) is 1. The van der Waals surface area contributed by atoms with Crippen molar-refractivity contribution >= 4 is 11.8 Å². The lowest BCUT2D eigenvalue weighted by Gasteiger charge is -2.33. The predicted octanol–water partition coefficient (Wildman–Crippen LogP) is 1.31. The van der Waals surface area contributed by atoms with Gasteiger partial charge in [0.15, 0.2) is 0 Å². The van der Waals surface area contributed by atoms with Crippen molar-refractivity contribution in [3.63, 3.8) is 0 Å². The van der Waals surface area contributed by atoms with Crippen molar-refractivity contribution in [2.75, 3.05) is 33.3 Å². The molecule has 1 aliphatic rings. The highest BCUT2D eigenvalue weighted by Gasteiger charge is 2.31. The summed E-state index contributed by atoms with van der Waals surface area (Å²) in [7, 11) is 1.70. The van der Waals surface area contributed by atoms with Crippen LogP contribution in [0, 0.1) is 5.92 Å². The molecule has 1 atom stereocenters. The largest absolute Gasteiger partial charge is 0.395 e. The first kappa shape index (κ1) is 17.5. The maximum Gasteiger partial charge on any atom is 0.227 e. The third-order valence-corrected chi connectivity index (χ3v) is 4.40. The van der Waals surface area contributed by atoms with Crippen molar-refractivity contribution in [2.24, 2.45) is 5.92 Å². The van der Waals surface area contributed by atoms with Crippen molar-refractivity contribution < 1.29 is 14.7 Å². The van der Waals surface area contributed by atoms with Crippen LogP contribution in [0.4, 0.5) is 0 Å². The minimum absolute atomic E-state index is 0.0274. The van der Waals surface area contributed by atoms with Crippen LogP contribution < -0.4 is 0 Å². The van der Waals surface area contributed by atoms with Crippen LogP contribution in [-0.4, -0.2) is 60.0 Å². The van der Waals surface area contributed by atoms with E-state index in [4.69, 9.17) is 5.11 Å². The molecule has 1 aromatic rings. The van der Waals surface area contributed by atoms with Crippen LogP contribution >= 0.6 is 0 Å². The van der Waals surface area contributed by atoms with Crippen LogP contribution in [0.15, 0.2) is 30.3 Å². The molecule has 1 heterocycles. The topological polar surface area (TPSA) is 60.9 Å². The summed E-state index contributed by atoms with van der Waals surface area (Å²) in [5.41, 5.74) is 1.27. The number of nitrogens with zero attached hydrogens (tertiary/aromatic N) is 2. The van der Waals surface area contributed by atoms with E-state index in [2.05, 4.69) is 12.1 Å². The molecule has 23 heavy (non-hydrogen) atoms. The average molecular weight is 318 g/mol. The fraction of sp³-hybridized carbons (Fsp3) is 0.556. The van der Waals surface area contributed by atoms with Gasteiger partial charge in [-0.3, -0.25) is 9.59 Å². The zero-order valence-electron chi connectivity index (χ0n) is 13.8. The molecule has 0 bridgehead atoms. The predicted molar refractivity (Wildman–Crippen MR) is 88.8 cm³/mol. The second-order valence-corrected chi connectivity index (χ2v) is 6.15. The third-order valence-electron chi connectivity index (χ3n) is 4.40. The minimum atomic E-state index is -0.138. The van der Waals surface area contributed by atoms with E-state index >= 15 is 0 Å². The standard InChI is InChI=1S/C18H26N2O3/c1-19(12-13-21)18(23)16-9-10-17(22)20(14-16)11-5-8-15-6-3-2-4-7-15/h2-4,6-7,16,21H,5,8-14H2,1H3/t16-/m0/s1. The summed E-state index contributed by atoms with van der Waals surface area (Å²) in [6.45, 7) is 1.51. The molecule has 126 valence electrons. The van der Waals surface area contributed by atoms with Gasteiger partial charge in [0.25, 0.3) is 0 Å². The van der Waals surface area contributed by atoms with Crippen molar-refractivity contribution in [1.82, 2.24) is 9.80 Å². The summed E-state index contributed by atoms with van der Waals surface area (Å²) in [6, 6.07) is 10.2. The second-order valence-electron chi connectivity index (χ2n) is 6.15. The number of likely N-dealkylation sites (tertiary alicyclic amines) is 1. The molecule has 2 amide bonds. The fourth-order valence-electron chi connectivity index (χ4n) is 3.02. The molecule has 5 heteroatoms. The maximum absolute atomic E-state index is 12.3. The number of carbonyl (C=O) groups excluding carboxylic acids is 2. The normalized spacial score (nSPS) is 18.1. The lowest BCUT2D eigenvalue weighted by molar-refractivity contribution is -0.142. The fourth-order valence-corrected chi connectivity index (χ4v) is 3.02. The van der Waals surface area contributed by atoms with Crippen molar-refractivity contribution in [2.45, 2.75) is 25.7 Å². The van der Waals surface area contributed by atoms with Crippen molar-refractivity contribution in [1.29, 1.82) is 0 Å². The van der Waals surface area contributed by atoms with Crippen LogP contribution in [0.1, 0.15) is 24.8 Å². The third kappa shape index (κ3) is 5.06. The molecule has 0 aromatic heterocycles. The van der Waals surface area contributed by atoms with Gasteiger partial charge in [-0.2, -0.15) is 0 Å². The summed E-state index contributed by atoms with van der Waals surface area (Å²) in [5.74, 6) is 0.0347. The lowest BCUT2D eigenvalue weighted by atomic mass is 9.95. The van der Waals surface area contributed by atoms with Gasteiger partial charge in [0.05, 0.1) is 12.5 Å². The van der Waals surface area contributed by atoms with E-state index in [1.807, 2.05) is 23.1 Å². The molecular weight excluding hydrogens is 292 g/mol. The molecule has 0 saturated carbocycles. The van der Waals surface area contributed by atoms with E-state index in [1.165, 1.54) is 5.56 Å². The summed E-state index contributed by atoms with van der Waals surface area (Å²) in [5, 5.41) is 8.94. The first-order valence-corrected chi connectivity index (χ1v) is 8.29. The number of benzene rings is 1. The van der Waals surface area contributed by atoms with Crippen molar-refractivity contribution in [3.05, 3.63) is 35.9 Å². The van der Waals surface area contributed by atoms with Gasteiger partial charge < -0.3 is 14.9 Å². The first-order chi connectivity index (χ1) is 11.1. The van der Waals surface area contributed by atoms with Gasteiger partial charge in [0.2, 0.25) is 11.8 Å². The molecule has 0 aliphatic carbocycles. The molecule has 1 saturated heterocycles. The number of rotatable bonds is 7. The first-order valence-electron chi connectivity index (χ1n) is 8.29. The van der Waals surface area contributed by atoms with Gasteiger partial charge in [0.1, 0.15) is 0 Å². The summed E-state index contributed by atoms with van der Waals surface area (Å²) < 4.78 is 0. The second kappa shape index (κ2) is 8.67. The Morgan fingerprint density at radius 3 is 2.78 bits per heavy atom. The number of hydrogen-bond donors (Lipinski definition) is 1. The maximum atomic E-state index is 12.3. The molecule has 1 fully saturated rings. The molecule has 1 N–H and O–H groups in total. The molecule has 0 radical (unpaired) electrons. The van der Waals surface area contributed by atoms with Crippen molar-refractivity contribution in [3.8, 4) is 0 Å². The van der Waals surface area contributed by atoms with E-state index in [-0.39, 0.29) is 24.3 Å². The highest BCUT2D eigenvalue weighted by molar-refractivity contribution is 5.83. The highest BCUT2D eigenvalue weighted by Crippen LogP contribution is 2.20. The lowest BCUT2D eigenvalue weighted by Crippen LogP contribution is -2.47. The van der Waals surface area contributed by atoms with Gasteiger partial charge in [-0.25, -0.2) is 0 Å². The van der Waals surface area contributed by atoms with Crippen LogP contribution in [0.25, 0.3) is 0 Å². The molecule has 0 spiro atoms. The zero-order valence-corrected chi connectivity index (χ0v) is 13.8. The molecule has 0 unspecified atom stereocenters. The number of piperidine rings is 1. The van der Waals surface area contributed by atoms with E-state index in [9.17, 15) is 9.59 Å². The van der Waals surface area contributed by atoms with Crippen LogP contribution in [-0.2, 0) is 16.0 Å². The van der Waals surface area contributed by atoms with Crippen LogP contribution in [0.3, 0.4) is 0 Å². The van der Waals surface area contributed by atoms with E-state index < -0.39 is 0 Å². The van der Waals surface area contributed by atoms with Crippen LogP contribution in [0.5, 0.6) is 0 Å². The van der Waals surface area contributed by atoms with Gasteiger partial charge in [-0.1, -0.05) is 30.3 Å². The van der Waals surface area contributed by atoms with Gasteiger partial charge >= 0.3 is 0 Å². The number of aryl methyl sites for hydroxylation is 1. The number of carbonyl (C=O) groups is 2. The van der Waals surface area contributed by atoms with E-state index in [0.717, 1.165) is 12.8 Å². The van der Waals surface area contributed by atoms with Gasteiger partial charge in [-0.15, -0.1) is 0 Å². The zero-order chi connectivity index (χ0) is 16.7.